The highest BCUT2D eigenvalue weighted by molar-refractivity contribution is 5.81. The maximum Gasteiger partial charge on any atom is 0.265 e. The molecule has 3 heterocycles. The lowest BCUT2D eigenvalue weighted by atomic mass is 10.1. The molecule has 0 saturated carbocycles. The standard InChI is InChI=1S/C18H22N4O3/c1-21-8-7-14-12(10-21)13(20-22(14)2)9-19-18(23)17-11-24-15-5-3-4-6-16(15)25-17/h3-6,17H,7-11H2,1-2H3,(H,19,23). The zero-order valence-electron chi connectivity index (χ0n) is 14.5. The van der Waals surface area contributed by atoms with Crippen LogP contribution in [0.2, 0.25) is 0 Å². The Balaban J connectivity index is 1.42. The summed E-state index contributed by atoms with van der Waals surface area (Å²) < 4.78 is 13.3. The van der Waals surface area contributed by atoms with Gasteiger partial charge in [-0.3, -0.25) is 9.48 Å². The van der Waals surface area contributed by atoms with Gasteiger partial charge in [0.05, 0.1) is 12.2 Å². The molecule has 1 N–H and O–H groups in total. The minimum absolute atomic E-state index is 0.182. The summed E-state index contributed by atoms with van der Waals surface area (Å²) in [4.78, 5) is 14.7. The molecule has 1 atom stereocenters. The Morgan fingerprint density at radius 2 is 2.12 bits per heavy atom. The lowest BCUT2D eigenvalue weighted by Gasteiger charge is -2.25. The van der Waals surface area contributed by atoms with Gasteiger partial charge in [-0.2, -0.15) is 5.10 Å². The third-order valence-electron chi connectivity index (χ3n) is 4.75. The maximum absolute atomic E-state index is 12.5. The van der Waals surface area contributed by atoms with Crippen molar-refractivity contribution in [2.24, 2.45) is 7.05 Å². The van der Waals surface area contributed by atoms with Gasteiger partial charge in [0, 0.05) is 37.8 Å². The number of amides is 1. The summed E-state index contributed by atoms with van der Waals surface area (Å²) in [6.45, 7) is 2.51. The number of rotatable bonds is 3. The second-order valence-corrected chi connectivity index (χ2v) is 6.57. The molecule has 0 aliphatic carbocycles. The number of fused-ring (bicyclic) bond motifs is 2. The smallest absolute Gasteiger partial charge is 0.265 e. The van der Waals surface area contributed by atoms with E-state index in [-0.39, 0.29) is 12.5 Å². The molecule has 0 fully saturated rings. The fourth-order valence-electron chi connectivity index (χ4n) is 3.38. The van der Waals surface area contributed by atoms with E-state index in [4.69, 9.17) is 9.47 Å². The van der Waals surface area contributed by atoms with Crippen LogP contribution in [0.1, 0.15) is 17.0 Å². The van der Waals surface area contributed by atoms with Crippen molar-refractivity contribution in [2.45, 2.75) is 25.6 Å². The van der Waals surface area contributed by atoms with E-state index < -0.39 is 6.10 Å². The van der Waals surface area contributed by atoms with Gasteiger partial charge in [-0.15, -0.1) is 0 Å². The van der Waals surface area contributed by atoms with Gasteiger partial charge in [-0.05, 0) is 19.2 Å². The SMILES string of the molecule is CN1CCc2c(c(CNC(=O)C3COc4ccccc4O3)nn2C)C1. The van der Waals surface area contributed by atoms with Crippen LogP contribution in [0, 0.1) is 0 Å². The number of ether oxygens (including phenoxy) is 2. The normalized spacial score (nSPS) is 19.4. The molecule has 132 valence electrons. The van der Waals surface area contributed by atoms with E-state index in [2.05, 4.69) is 22.4 Å². The van der Waals surface area contributed by atoms with E-state index in [0.717, 1.165) is 25.2 Å². The lowest BCUT2D eigenvalue weighted by molar-refractivity contribution is -0.130. The molecule has 4 rings (SSSR count). The Morgan fingerprint density at radius 1 is 1.32 bits per heavy atom. The van der Waals surface area contributed by atoms with Crippen LogP contribution in [0.15, 0.2) is 24.3 Å². The summed E-state index contributed by atoms with van der Waals surface area (Å²) in [5, 5.41) is 7.52. The van der Waals surface area contributed by atoms with E-state index >= 15 is 0 Å². The molecule has 7 nitrogen and oxygen atoms in total. The average Bonchev–Trinajstić information content (AvgIpc) is 2.94. The molecule has 2 aliphatic rings. The van der Waals surface area contributed by atoms with Crippen molar-refractivity contribution in [3.63, 3.8) is 0 Å². The fraction of sp³-hybridized carbons (Fsp3) is 0.444. The number of likely N-dealkylation sites (N-methyl/N-ethyl adjacent to an activating group) is 1. The van der Waals surface area contributed by atoms with Crippen LogP contribution in [0.4, 0.5) is 0 Å². The van der Waals surface area contributed by atoms with E-state index in [1.54, 1.807) is 6.07 Å². The van der Waals surface area contributed by atoms with Gasteiger partial charge in [0.2, 0.25) is 6.10 Å². The largest absolute Gasteiger partial charge is 0.485 e. The number of para-hydroxylation sites is 2. The number of carbonyl (C=O) groups excluding carboxylic acids is 1. The third-order valence-corrected chi connectivity index (χ3v) is 4.75. The fourth-order valence-corrected chi connectivity index (χ4v) is 3.38. The van der Waals surface area contributed by atoms with Gasteiger partial charge < -0.3 is 19.7 Å². The van der Waals surface area contributed by atoms with Gasteiger partial charge in [-0.25, -0.2) is 0 Å². The Kier molecular flexibility index (Phi) is 4.09. The molecule has 1 unspecified atom stereocenters. The zero-order chi connectivity index (χ0) is 17.4. The Hall–Kier alpha value is -2.54. The summed E-state index contributed by atoms with van der Waals surface area (Å²) in [7, 11) is 4.06. The zero-order valence-corrected chi connectivity index (χ0v) is 14.5. The molecule has 0 radical (unpaired) electrons. The van der Waals surface area contributed by atoms with Gasteiger partial charge >= 0.3 is 0 Å². The van der Waals surface area contributed by atoms with Crippen LogP contribution in [-0.4, -0.2) is 46.9 Å². The second kappa shape index (κ2) is 6.40. The van der Waals surface area contributed by atoms with Crippen LogP contribution >= 0.6 is 0 Å². The summed E-state index contributed by atoms with van der Waals surface area (Å²) in [5.74, 6) is 1.09. The van der Waals surface area contributed by atoms with Gasteiger partial charge in [0.25, 0.3) is 5.91 Å². The van der Waals surface area contributed by atoms with Gasteiger partial charge in [0.1, 0.15) is 6.61 Å². The maximum atomic E-state index is 12.5. The van der Waals surface area contributed by atoms with Crippen molar-refractivity contribution in [1.82, 2.24) is 20.0 Å². The molecule has 1 aromatic carbocycles. The summed E-state index contributed by atoms with van der Waals surface area (Å²) >= 11 is 0. The highest BCUT2D eigenvalue weighted by Gasteiger charge is 2.28. The number of carbonyl (C=O) groups is 1. The predicted molar refractivity (Wildman–Crippen MR) is 91.4 cm³/mol. The predicted octanol–water partition coefficient (Wildman–Crippen LogP) is 0.864. The number of nitrogens with zero attached hydrogens (tertiary/aromatic N) is 3. The minimum atomic E-state index is -0.642. The van der Waals surface area contributed by atoms with E-state index in [1.165, 1.54) is 11.3 Å². The number of hydrogen-bond donors (Lipinski definition) is 1. The molecule has 7 heteroatoms. The van der Waals surface area contributed by atoms with Crippen LogP contribution in [0.5, 0.6) is 11.5 Å². The van der Waals surface area contributed by atoms with Crippen molar-refractivity contribution in [3.05, 3.63) is 41.2 Å². The van der Waals surface area contributed by atoms with Crippen LogP contribution in [-0.2, 0) is 31.4 Å². The summed E-state index contributed by atoms with van der Waals surface area (Å²) in [6, 6.07) is 7.38. The van der Waals surface area contributed by atoms with Crippen LogP contribution in [0.25, 0.3) is 0 Å². The minimum Gasteiger partial charge on any atom is -0.485 e. The summed E-state index contributed by atoms with van der Waals surface area (Å²) in [5.41, 5.74) is 3.41. The van der Waals surface area contributed by atoms with Crippen LogP contribution in [0.3, 0.4) is 0 Å². The number of hydrogen-bond acceptors (Lipinski definition) is 5. The first kappa shape index (κ1) is 16.0. The highest BCUT2D eigenvalue weighted by Crippen LogP contribution is 2.30. The number of benzene rings is 1. The van der Waals surface area contributed by atoms with Crippen molar-refractivity contribution in [1.29, 1.82) is 0 Å². The summed E-state index contributed by atoms with van der Waals surface area (Å²) in [6.07, 6.45) is 0.344. The first-order chi connectivity index (χ1) is 12.1. The molecule has 25 heavy (non-hydrogen) atoms. The molecule has 0 spiro atoms. The molecule has 1 amide bonds. The second-order valence-electron chi connectivity index (χ2n) is 6.57. The Labute approximate surface area is 146 Å². The van der Waals surface area contributed by atoms with Crippen molar-refractivity contribution in [2.75, 3.05) is 20.2 Å². The van der Waals surface area contributed by atoms with Gasteiger partial charge in [-0.1, -0.05) is 12.1 Å². The van der Waals surface area contributed by atoms with E-state index in [9.17, 15) is 4.79 Å². The lowest BCUT2D eigenvalue weighted by Crippen LogP contribution is -2.43. The monoisotopic (exact) mass is 342 g/mol. The quantitative estimate of drug-likeness (QED) is 0.896. The first-order valence-corrected chi connectivity index (χ1v) is 8.50. The number of aryl methyl sites for hydroxylation is 1. The van der Waals surface area contributed by atoms with Crippen molar-refractivity contribution >= 4 is 5.91 Å². The van der Waals surface area contributed by atoms with Crippen molar-refractivity contribution in [3.8, 4) is 11.5 Å². The van der Waals surface area contributed by atoms with Crippen molar-refractivity contribution < 1.29 is 14.3 Å². The topological polar surface area (TPSA) is 68.6 Å². The van der Waals surface area contributed by atoms with E-state index in [0.29, 0.717) is 18.0 Å². The van der Waals surface area contributed by atoms with Gasteiger partial charge in [0.15, 0.2) is 11.5 Å². The molecule has 2 aromatic rings. The molecule has 0 bridgehead atoms. The van der Waals surface area contributed by atoms with Crippen LogP contribution < -0.4 is 14.8 Å². The molecule has 1 aromatic heterocycles. The Bertz CT molecular complexity index is 802. The number of nitrogens with one attached hydrogen (secondary N) is 1. The molecule has 2 aliphatic heterocycles. The average molecular weight is 342 g/mol. The molecular formula is C18H22N4O3. The molecule has 0 saturated heterocycles. The molecular weight excluding hydrogens is 320 g/mol. The first-order valence-electron chi connectivity index (χ1n) is 8.50. The Morgan fingerprint density at radius 3 is 2.96 bits per heavy atom. The third kappa shape index (κ3) is 3.07. The number of aromatic nitrogens is 2. The highest BCUT2D eigenvalue weighted by atomic mass is 16.6. The van der Waals surface area contributed by atoms with E-state index in [1.807, 2.05) is 29.9 Å².